The van der Waals surface area contributed by atoms with Gasteiger partial charge in [0.05, 0.1) is 17.6 Å². The van der Waals surface area contributed by atoms with Gasteiger partial charge in [-0.2, -0.15) is 13.5 Å². The third-order valence-electron chi connectivity index (χ3n) is 2.49. The fourth-order valence-corrected chi connectivity index (χ4v) is 2.09. The first-order valence-electron chi connectivity index (χ1n) is 5.31. The lowest BCUT2D eigenvalue weighted by Crippen LogP contribution is -2.13. The number of rotatable bonds is 6. The summed E-state index contributed by atoms with van der Waals surface area (Å²) in [7, 11) is -3.86. The first-order valence-corrected chi connectivity index (χ1v) is 6.92. The predicted octanol–water partition coefficient (Wildman–Crippen LogP) is 0.352. The Labute approximate surface area is 101 Å². The molecule has 0 radical (unpaired) electrons. The van der Waals surface area contributed by atoms with Crippen molar-refractivity contribution >= 4 is 21.6 Å². The van der Waals surface area contributed by atoms with Crippen LogP contribution in [-0.2, 0) is 16.7 Å². The number of nitrogens with two attached hydrogens (primary N) is 2. The van der Waals surface area contributed by atoms with E-state index in [-0.39, 0.29) is 11.7 Å². The molecule has 1 aromatic rings. The van der Waals surface area contributed by atoms with Crippen molar-refractivity contribution < 1.29 is 13.0 Å². The van der Waals surface area contributed by atoms with Crippen molar-refractivity contribution in [2.45, 2.75) is 26.3 Å². The third kappa shape index (κ3) is 4.61. The molecular weight excluding hydrogens is 244 g/mol. The molecule has 0 amide bonds. The Hall–Kier alpha value is -1.28. The summed E-state index contributed by atoms with van der Waals surface area (Å²) in [6, 6.07) is 0. The molecule has 0 aliphatic carbocycles. The summed E-state index contributed by atoms with van der Waals surface area (Å²) in [6.07, 6.45) is 2.57. The second-order valence-corrected chi connectivity index (χ2v) is 5.77. The number of aromatic nitrogens is 2. The fraction of sp³-hybridized carbons (Fsp3) is 0.667. The Morgan fingerprint density at radius 3 is 2.65 bits per heavy atom. The zero-order chi connectivity index (χ0) is 13.1. The van der Waals surface area contributed by atoms with Gasteiger partial charge >= 0.3 is 0 Å². The molecule has 0 saturated carbocycles. The molecule has 0 aromatic carbocycles. The summed E-state index contributed by atoms with van der Waals surface area (Å²) in [5.41, 5.74) is 11.7. The number of nitrogen functional groups attached to an aromatic ring is 2. The van der Waals surface area contributed by atoms with Gasteiger partial charge in [0.2, 0.25) is 0 Å². The molecule has 98 valence electrons. The van der Waals surface area contributed by atoms with Gasteiger partial charge < -0.3 is 11.5 Å². The highest BCUT2D eigenvalue weighted by Crippen LogP contribution is 2.16. The second kappa shape index (κ2) is 5.37. The molecule has 0 aliphatic heterocycles. The zero-order valence-electron chi connectivity index (χ0n) is 9.70. The molecule has 0 aliphatic rings. The van der Waals surface area contributed by atoms with E-state index in [1.165, 1.54) is 6.20 Å². The van der Waals surface area contributed by atoms with E-state index < -0.39 is 10.1 Å². The van der Waals surface area contributed by atoms with Gasteiger partial charge in [-0.1, -0.05) is 6.92 Å². The van der Waals surface area contributed by atoms with E-state index in [0.29, 0.717) is 30.9 Å². The van der Waals surface area contributed by atoms with Crippen LogP contribution in [0, 0.1) is 5.92 Å². The monoisotopic (exact) mass is 262 g/mol. The Balaban J connectivity index is 2.40. The Bertz CT molecular complexity index is 469. The maximum Gasteiger partial charge on any atom is 0.264 e. The van der Waals surface area contributed by atoms with Crippen LogP contribution in [0.2, 0.25) is 0 Å². The zero-order valence-corrected chi connectivity index (χ0v) is 10.5. The number of hydrogen-bond acceptors (Lipinski definition) is 5. The molecule has 8 heteroatoms. The molecular formula is C9H18N4O3S. The molecule has 0 spiro atoms. The Kier molecular flexibility index (Phi) is 4.35. The van der Waals surface area contributed by atoms with Crippen molar-refractivity contribution in [3.8, 4) is 0 Å². The van der Waals surface area contributed by atoms with Crippen LogP contribution in [0.3, 0.4) is 0 Å². The molecule has 1 aromatic heterocycles. The van der Waals surface area contributed by atoms with Crippen LogP contribution >= 0.6 is 0 Å². The van der Waals surface area contributed by atoms with Crippen molar-refractivity contribution in [1.29, 1.82) is 0 Å². The first-order chi connectivity index (χ1) is 7.79. The molecule has 5 N–H and O–H groups in total. The van der Waals surface area contributed by atoms with Gasteiger partial charge in [-0.25, -0.2) is 4.68 Å². The van der Waals surface area contributed by atoms with E-state index in [2.05, 4.69) is 5.10 Å². The van der Waals surface area contributed by atoms with Gasteiger partial charge in [-0.05, 0) is 18.8 Å². The summed E-state index contributed by atoms with van der Waals surface area (Å²) in [5.74, 6) is 0.415. The van der Waals surface area contributed by atoms with E-state index in [9.17, 15) is 8.42 Å². The summed E-state index contributed by atoms with van der Waals surface area (Å²) in [4.78, 5) is 0. The summed E-state index contributed by atoms with van der Waals surface area (Å²) in [5, 5.41) is 4.01. The number of hydrogen-bond donors (Lipinski definition) is 3. The quantitative estimate of drug-likeness (QED) is 0.635. The van der Waals surface area contributed by atoms with Gasteiger partial charge in [-0.15, -0.1) is 0 Å². The molecule has 0 saturated heterocycles. The van der Waals surface area contributed by atoms with Crippen LogP contribution in [0.5, 0.6) is 0 Å². The van der Waals surface area contributed by atoms with Crippen LogP contribution in [0.1, 0.15) is 19.8 Å². The highest BCUT2D eigenvalue weighted by atomic mass is 32.2. The lowest BCUT2D eigenvalue weighted by Gasteiger charge is -2.12. The lowest BCUT2D eigenvalue weighted by molar-refractivity contribution is 0.419. The summed E-state index contributed by atoms with van der Waals surface area (Å²) >= 11 is 0. The normalized spacial score (nSPS) is 13.8. The van der Waals surface area contributed by atoms with Gasteiger partial charge in [-0.3, -0.25) is 4.55 Å². The Morgan fingerprint density at radius 2 is 2.18 bits per heavy atom. The van der Waals surface area contributed by atoms with Crippen LogP contribution in [0.25, 0.3) is 0 Å². The highest BCUT2D eigenvalue weighted by Gasteiger charge is 2.10. The minimum Gasteiger partial charge on any atom is -0.394 e. The van der Waals surface area contributed by atoms with Gasteiger partial charge in [0.1, 0.15) is 5.82 Å². The smallest absolute Gasteiger partial charge is 0.264 e. The molecule has 1 rings (SSSR count). The van der Waals surface area contributed by atoms with Crippen LogP contribution < -0.4 is 11.5 Å². The van der Waals surface area contributed by atoms with E-state index >= 15 is 0 Å². The largest absolute Gasteiger partial charge is 0.394 e. The van der Waals surface area contributed by atoms with E-state index in [0.717, 1.165) is 0 Å². The summed E-state index contributed by atoms with van der Waals surface area (Å²) < 4.78 is 31.2. The molecule has 7 nitrogen and oxygen atoms in total. The maximum absolute atomic E-state index is 10.5. The predicted molar refractivity (Wildman–Crippen MR) is 65.9 cm³/mol. The van der Waals surface area contributed by atoms with Gasteiger partial charge in [0.15, 0.2) is 0 Å². The minimum atomic E-state index is -3.86. The first kappa shape index (κ1) is 13.8. The van der Waals surface area contributed by atoms with Crippen molar-refractivity contribution in [2.24, 2.45) is 5.92 Å². The molecule has 1 heterocycles. The van der Waals surface area contributed by atoms with E-state index in [4.69, 9.17) is 16.0 Å². The molecule has 1 unspecified atom stereocenters. The minimum absolute atomic E-state index is 0.207. The highest BCUT2D eigenvalue weighted by molar-refractivity contribution is 7.85. The van der Waals surface area contributed by atoms with E-state index in [1.807, 2.05) is 6.92 Å². The Morgan fingerprint density at radius 1 is 1.53 bits per heavy atom. The van der Waals surface area contributed by atoms with Crippen LogP contribution in [0.15, 0.2) is 6.20 Å². The van der Waals surface area contributed by atoms with Gasteiger partial charge in [0.25, 0.3) is 10.1 Å². The molecule has 0 bridgehead atoms. The van der Waals surface area contributed by atoms with Crippen molar-refractivity contribution in [1.82, 2.24) is 9.78 Å². The maximum atomic E-state index is 10.5. The van der Waals surface area contributed by atoms with Crippen molar-refractivity contribution in [3.63, 3.8) is 0 Å². The van der Waals surface area contributed by atoms with Crippen molar-refractivity contribution in [3.05, 3.63) is 6.20 Å². The van der Waals surface area contributed by atoms with Crippen LogP contribution in [0.4, 0.5) is 11.5 Å². The third-order valence-corrected chi connectivity index (χ3v) is 3.30. The SMILES string of the molecule is CC(CCCS(=O)(=O)O)Cn1ncc(N)c1N. The van der Waals surface area contributed by atoms with Gasteiger partial charge in [0, 0.05) is 6.54 Å². The fourth-order valence-electron chi connectivity index (χ4n) is 1.56. The number of anilines is 2. The topological polar surface area (TPSA) is 124 Å². The van der Waals surface area contributed by atoms with Crippen LogP contribution in [-0.4, -0.2) is 28.5 Å². The lowest BCUT2D eigenvalue weighted by atomic mass is 10.1. The average molecular weight is 262 g/mol. The van der Waals surface area contributed by atoms with Crippen molar-refractivity contribution in [2.75, 3.05) is 17.2 Å². The average Bonchev–Trinajstić information content (AvgIpc) is 2.47. The molecule has 17 heavy (non-hydrogen) atoms. The standard InChI is InChI=1S/C9H18N4O3S/c1-7(3-2-4-17(14,15)16)6-13-9(11)8(10)5-12-13/h5,7H,2-4,6,10-11H2,1H3,(H,14,15,16). The second-order valence-electron chi connectivity index (χ2n) is 4.20. The van der Waals surface area contributed by atoms with E-state index in [1.54, 1.807) is 4.68 Å². The summed E-state index contributed by atoms with van der Waals surface area (Å²) in [6.45, 7) is 2.54. The molecule has 1 atom stereocenters. The molecule has 0 fully saturated rings. The number of nitrogens with zero attached hydrogens (tertiary/aromatic N) is 2.